The van der Waals surface area contributed by atoms with Gasteiger partial charge >= 0.3 is 6.18 Å². The molecule has 0 bridgehead atoms. The Balaban J connectivity index is 1.95. The van der Waals surface area contributed by atoms with Gasteiger partial charge in [0.1, 0.15) is 6.54 Å². The number of ether oxygens (including phenoxy) is 3. The smallest absolute Gasteiger partial charge is 0.405 e. The summed E-state index contributed by atoms with van der Waals surface area (Å²) in [5.74, 6) is -0.0700. The minimum Gasteiger partial charge on any atom is -0.493 e. The molecule has 0 unspecified atom stereocenters. The van der Waals surface area contributed by atoms with Crippen LogP contribution in [0.5, 0.6) is 17.2 Å². The molecule has 1 aliphatic rings. The fourth-order valence-corrected chi connectivity index (χ4v) is 3.16. The molecular formula is C20H25F3N2O5. The second-order valence-corrected chi connectivity index (χ2v) is 6.72. The topological polar surface area (TPSA) is 77.1 Å². The molecule has 1 aromatic rings. The molecule has 1 aromatic carbocycles. The predicted octanol–water partition coefficient (Wildman–Crippen LogP) is 2.64. The summed E-state index contributed by atoms with van der Waals surface area (Å²) >= 11 is 0. The van der Waals surface area contributed by atoms with Crippen molar-refractivity contribution in [2.75, 3.05) is 41.0 Å². The summed E-state index contributed by atoms with van der Waals surface area (Å²) in [6, 6.07) is 3.39. The van der Waals surface area contributed by atoms with Crippen molar-refractivity contribution < 1.29 is 37.0 Å². The molecule has 1 N–H and O–H groups in total. The van der Waals surface area contributed by atoms with Gasteiger partial charge in [-0.15, -0.1) is 0 Å². The fraction of sp³-hybridized carbons (Fsp3) is 0.500. The van der Waals surface area contributed by atoms with Crippen LogP contribution in [0.15, 0.2) is 18.2 Å². The Morgan fingerprint density at radius 3 is 2.13 bits per heavy atom. The normalized spacial score (nSPS) is 15.2. The number of carbonyl (C=O) groups is 2. The summed E-state index contributed by atoms with van der Waals surface area (Å²) in [4.78, 5) is 25.8. The number of hydrogen-bond donors (Lipinski definition) is 1. The van der Waals surface area contributed by atoms with Gasteiger partial charge in [0, 0.05) is 25.1 Å². The van der Waals surface area contributed by atoms with Crippen molar-refractivity contribution in [3.8, 4) is 17.2 Å². The molecule has 1 fully saturated rings. The lowest BCUT2D eigenvalue weighted by Crippen LogP contribution is -2.44. The lowest BCUT2D eigenvalue weighted by atomic mass is 9.96. The van der Waals surface area contributed by atoms with E-state index in [1.165, 1.54) is 27.4 Å². The zero-order chi connectivity index (χ0) is 22.3. The number of methoxy groups -OCH3 is 3. The molecule has 2 rings (SSSR count). The van der Waals surface area contributed by atoms with Crippen LogP contribution in [-0.2, 0) is 9.59 Å². The number of carbonyl (C=O) groups excluding carboxylic acids is 2. The number of piperidine rings is 1. The first-order valence-electron chi connectivity index (χ1n) is 9.30. The predicted molar refractivity (Wildman–Crippen MR) is 104 cm³/mol. The van der Waals surface area contributed by atoms with Crippen molar-refractivity contribution in [3.63, 3.8) is 0 Å². The van der Waals surface area contributed by atoms with Crippen LogP contribution < -0.4 is 19.5 Å². The average Bonchev–Trinajstić information content (AvgIpc) is 2.74. The van der Waals surface area contributed by atoms with Crippen LogP contribution in [0.4, 0.5) is 13.2 Å². The number of nitrogens with one attached hydrogen (secondary N) is 1. The maximum absolute atomic E-state index is 12.4. The SMILES string of the molecule is COc1cc(C=CC(=O)N2CCC(C(=O)NCC(F)(F)F)CC2)cc(OC)c1OC. The van der Waals surface area contributed by atoms with E-state index in [2.05, 4.69) is 0 Å². The molecule has 1 saturated heterocycles. The van der Waals surface area contributed by atoms with Gasteiger partial charge in [-0.05, 0) is 36.6 Å². The summed E-state index contributed by atoms with van der Waals surface area (Å²) in [7, 11) is 4.47. The number of benzene rings is 1. The minimum atomic E-state index is -4.44. The molecular weight excluding hydrogens is 405 g/mol. The summed E-state index contributed by atoms with van der Waals surface area (Å²) in [6.07, 6.45) is -0.815. The van der Waals surface area contributed by atoms with E-state index in [0.29, 0.717) is 48.7 Å². The van der Waals surface area contributed by atoms with Crippen LogP contribution in [0.25, 0.3) is 6.08 Å². The second-order valence-electron chi connectivity index (χ2n) is 6.72. The molecule has 0 aromatic heterocycles. The Morgan fingerprint density at radius 2 is 1.67 bits per heavy atom. The van der Waals surface area contributed by atoms with Gasteiger partial charge in [0.15, 0.2) is 11.5 Å². The first kappa shape index (κ1) is 23.4. The maximum Gasteiger partial charge on any atom is 0.405 e. The molecule has 1 aliphatic heterocycles. The van der Waals surface area contributed by atoms with E-state index < -0.39 is 24.5 Å². The Bertz CT molecular complexity index is 762. The van der Waals surface area contributed by atoms with E-state index in [4.69, 9.17) is 14.2 Å². The first-order chi connectivity index (χ1) is 14.2. The molecule has 0 saturated carbocycles. The van der Waals surface area contributed by atoms with Crippen molar-refractivity contribution in [1.82, 2.24) is 10.2 Å². The molecule has 0 spiro atoms. The van der Waals surface area contributed by atoms with Gasteiger partial charge in [-0.3, -0.25) is 9.59 Å². The van der Waals surface area contributed by atoms with Gasteiger partial charge in [-0.2, -0.15) is 13.2 Å². The fourth-order valence-electron chi connectivity index (χ4n) is 3.16. The van der Waals surface area contributed by atoms with Gasteiger partial charge in [0.25, 0.3) is 0 Å². The number of halogens is 3. The van der Waals surface area contributed by atoms with Crippen molar-refractivity contribution >= 4 is 17.9 Å². The summed E-state index contributed by atoms with van der Waals surface area (Å²) in [5.41, 5.74) is 0.666. The quantitative estimate of drug-likeness (QED) is 0.673. The number of rotatable bonds is 7. The second kappa shape index (κ2) is 10.2. The van der Waals surface area contributed by atoms with Crippen molar-refractivity contribution in [2.45, 2.75) is 19.0 Å². The third-order valence-electron chi connectivity index (χ3n) is 4.75. The highest BCUT2D eigenvalue weighted by Gasteiger charge is 2.31. The van der Waals surface area contributed by atoms with E-state index in [1.54, 1.807) is 23.1 Å². The zero-order valence-electron chi connectivity index (χ0n) is 17.0. The number of amides is 2. The van der Waals surface area contributed by atoms with Gasteiger partial charge in [0.2, 0.25) is 17.6 Å². The standard InChI is InChI=1S/C20H25F3N2O5/c1-28-15-10-13(11-16(29-2)18(15)30-3)4-5-17(26)25-8-6-14(7-9-25)19(27)24-12-20(21,22)23/h4-5,10-11,14H,6-9,12H2,1-3H3,(H,24,27). The molecule has 10 heteroatoms. The highest BCUT2D eigenvalue weighted by atomic mass is 19.4. The molecule has 30 heavy (non-hydrogen) atoms. The monoisotopic (exact) mass is 430 g/mol. The molecule has 166 valence electrons. The van der Waals surface area contributed by atoms with Crippen molar-refractivity contribution in [2.24, 2.45) is 5.92 Å². The lowest BCUT2D eigenvalue weighted by molar-refractivity contribution is -0.142. The van der Waals surface area contributed by atoms with Gasteiger partial charge in [-0.25, -0.2) is 0 Å². The Labute approximate surface area is 172 Å². The molecule has 1 heterocycles. The van der Waals surface area contributed by atoms with E-state index >= 15 is 0 Å². The minimum absolute atomic E-state index is 0.252. The third-order valence-corrected chi connectivity index (χ3v) is 4.75. The molecule has 0 radical (unpaired) electrons. The summed E-state index contributed by atoms with van der Waals surface area (Å²) in [5, 5.41) is 1.90. The average molecular weight is 430 g/mol. The highest BCUT2D eigenvalue weighted by Crippen LogP contribution is 2.38. The van der Waals surface area contributed by atoms with Crippen LogP contribution in [0.3, 0.4) is 0 Å². The van der Waals surface area contributed by atoms with Gasteiger partial charge in [-0.1, -0.05) is 0 Å². The maximum atomic E-state index is 12.4. The number of nitrogens with zero attached hydrogens (tertiary/aromatic N) is 1. The lowest BCUT2D eigenvalue weighted by Gasteiger charge is -2.30. The number of hydrogen-bond acceptors (Lipinski definition) is 5. The summed E-state index contributed by atoms with van der Waals surface area (Å²) < 4.78 is 52.5. The number of alkyl halides is 3. The molecule has 0 atom stereocenters. The van der Waals surface area contributed by atoms with E-state index in [0.717, 1.165) is 0 Å². The van der Waals surface area contributed by atoms with Crippen LogP contribution in [0.2, 0.25) is 0 Å². The number of likely N-dealkylation sites (tertiary alicyclic amines) is 1. The van der Waals surface area contributed by atoms with E-state index in [9.17, 15) is 22.8 Å². The summed E-state index contributed by atoms with van der Waals surface area (Å²) in [6.45, 7) is -0.756. The molecule has 0 aliphatic carbocycles. The van der Waals surface area contributed by atoms with Gasteiger partial charge in [0.05, 0.1) is 21.3 Å². The van der Waals surface area contributed by atoms with Crippen LogP contribution in [-0.4, -0.2) is 63.9 Å². The molecule has 7 nitrogen and oxygen atoms in total. The highest BCUT2D eigenvalue weighted by molar-refractivity contribution is 5.92. The Kier molecular flexibility index (Phi) is 7.96. The zero-order valence-corrected chi connectivity index (χ0v) is 17.0. The van der Waals surface area contributed by atoms with Crippen molar-refractivity contribution in [1.29, 1.82) is 0 Å². The third kappa shape index (κ3) is 6.30. The van der Waals surface area contributed by atoms with E-state index in [1.807, 2.05) is 5.32 Å². The first-order valence-corrected chi connectivity index (χ1v) is 9.30. The van der Waals surface area contributed by atoms with Crippen LogP contribution >= 0.6 is 0 Å². The van der Waals surface area contributed by atoms with Crippen LogP contribution in [0.1, 0.15) is 18.4 Å². The van der Waals surface area contributed by atoms with Crippen LogP contribution in [0, 0.1) is 5.92 Å². The van der Waals surface area contributed by atoms with Gasteiger partial charge < -0.3 is 24.4 Å². The Morgan fingerprint density at radius 1 is 1.10 bits per heavy atom. The van der Waals surface area contributed by atoms with E-state index in [-0.39, 0.29) is 5.91 Å². The molecule has 2 amide bonds. The Hall–Kier alpha value is -2.91. The largest absolute Gasteiger partial charge is 0.493 e. The van der Waals surface area contributed by atoms with Crippen molar-refractivity contribution in [3.05, 3.63) is 23.8 Å².